The van der Waals surface area contributed by atoms with Crippen LogP contribution in [0.5, 0.6) is 11.5 Å². The molecule has 0 heterocycles. The van der Waals surface area contributed by atoms with Crippen molar-refractivity contribution in [3.8, 4) is 22.6 Å². The topological polar surface area (TPSA) is 38.7 Å². The molecule has 0 aliphatic rings. The second-order valence-electron chi connectivity index (χ2n) is 6.91. The zero-order valence-corrected chi connectivity index (χ0v) is 17.4. The van der Waals surface area contributed by atoms with Gasteiger partial charge in [-0.1, -0.05) is 0 Å². The number of hydrogen-bond donors (Lipinski definition) is 1. The molecule has 0 aromatic heterocycles. The number of rotatable bonds is 5. The summed E-state index contributed by atoms with van der Waals surface area (Å²) in [6.45, 7) is 0. The molecule has 0 amide bonds. The molecule has 0 atom stereocenters. The van der Waals surface area contributed by atoms with Gasteiger partial charge in [0.1, 0.15) is 5.56 Å². The fourth-order valence-electron chi connectivity index (χ4n) is 2.95. The molecule has 0 bridgehead atoms. The molecule has 0 aliphatic carbocycles. The zero-order chi connectivity index (χ0) is 29.9. The van der Waals surface area contributed by atoms with Gasteiger partial charge in [-0.3, -0.25) is 0 Å². The Kier molecular flexibility index (Phi) is 7.65. The van der Waals surface area contributed by atoms with E-state index >= 15 is 0 Å². The van der Waals surface area contributed by atoms with E-state index in [1.807, 2.05) is 0 Å². The molecule has 1 N–H and O–H groups in total. The van der Waals surface area contributed by atoms with Crippen molar-refractivity contribution in [3.63, 3.8) is 0 Å². The highest BCUT2D eigenvalue weighted by Crippen LogP contribution is 2.41. The Hall–Kier alpha value is -3.84. The van der Waals surface area contributed by atoms with Crippen LogP contribution >= 0.6 is 0 Å². The molecule has 0 radical (unpaired) electrons. The molecule has 20 heteroatoms. The third kappa shape index (κ3) is 4.76. The van der Waals surface area contributed by atoms with E-state index in [9.17, 15) is 75.3 Å². The maximum absolute atomic E-state index is 14.4. The van der Waals surface area contributed by atoms with Crippen LogP contribution in [0, 0.1) is 75.6 Å². The number of benzene rings is 3. The first-order valence-corrected chi connectivity index (χ1v) is 9.16. The highest BCUT2D eigenvalue weighted by molar-refractivity contribution is 6.36. The van der Waals surface area contributed by atoms with Gasteiger partial charge in [0, 0.05) is 0 Å². The summed E-state index contributed by atoms with van der Waals surface area (Å²) in [5.74, 6) is -43.3. The minimum atomic E-state index is -6.01. The Morgan fingerprint density at radius 3 is 0.974 bits per heavy atom. The average Bonchev–Trinajstić information content (AvgIpc) is 2.85. The summed E-state index contributed by atoms with van der Waals surface area (Å²) < 4.78 is 225. The van der Waals surface area contributed by atoms with Gasteiger partial charge in [0.15, 0.2) is 58.0 Å². The Labute approximate surface area is 203 Å². The normalized spacial score (nSPS) is 11.7. The second kappa shape index (κ2) is 10.0. The Balaban J connectivity index is 2.09. The number of halogens is 16. The Bertz CT molecular complexity index is 1420. The van der Waals surface area contributed by atoms with Crippen LogP contribution in [-0.4, -0.2) is 12.3 Å². The minimum absolute atomic E-state index is 2.51. The van der Waals surface area contributed by atoms with Crippen molar-refractivity contribution < 1.29 is 84.6 Å². The van der Waals surface area contributed by atoms with Gasteiger partial charge in [-0.05, 0) is 0 Å². The minimum Gasteiger partial charge on any atom is -0.496 e. The molecule has 0 spiro atoms. The van der Waals surface area contributed by atoms with Crippen LogP contribution in [0.1, 0.15) is 5.56 Å². The van der Waals surface area contributed by atoms with Gasteiger partial charge < -0.3 is 14.3 Å². The average molecular weight is 592 g/mol. The van der Waals surface area contributed by atoms with Crippen LogP contribution in [0.2, 0.25) is 0 Å². The summed E-state index contributed by atoms with van der Waals surface area (Å²) >= 11 is 0. The van der Waals surface area contributed by atoms with Crippen LogP contribution in [0.3, 0.4) is 0 Å². The molecule has 3 nitrogen and oxygen atoms in total. The first kappa shape index (κ1) is 29.7. The maximum Gasteiger partial charge on any atom is 0.785 e. The van der Waals surface area contributed by atoms with Crippen LogP contribution in [-0.2, 0) is 6.18 Å². The zero-order valence-electron chi connectivity index (χ0n) is 17.4. The summed E-state index contributed by atoms with van der Waals surface area (Å²) in [6, 6.07) is 0. The van der Waals surface area contributed by atoms with Gasteiger partial charge in [0.05, 0.1) is 11.1 Å². The van der Waals surface area contributed by atoms with Crippen molar-refractivity contribution in [1.82, 2.24) is 0 Å². The van der Waals surface area contributed by atoms with Crippen molar-refractivity contribution in [2.75, 3.05) is 0 Å². The van der Waals surface area contributed by atoms with Crippen LogP contribution in [0.4, 0.5) is 70.2 Å². The first-order chi connectivity index (χ1) is 17.8. The highest BCUT2D eigenvalue weighted by Gasteiger charge is 2.44. The lowest BCUT2D eigenvalue weighted by atomic mass is 10.0. The van der Waals surface area contributed by atoms with E-state index in [4.69, 9.17) is 0 Å². The molecule has 0 saturated heterocycles. The molecule has 0 saturated carbocycles. The predicted octanol–water partition coefficient (Wildman–Crippen LogP) is 6.62. The Morgan fingerprint density at radius 2 is 0.667 bits per heavy atom. The summed E-state index contributed by atoms with van der Waals surface area (Å²) in [4.78, 5) is 0. The van der Waals surface area contributed by atoms with Gasteiger partial charge in [0.25, 0.3) is 0 Å². The maximum atomic E-state index is 14.4. The van der Waals surface area contributed by atoms with Gasteiger partial charge in [-0.25, -0.2) is 39.5 Å². The quantitative estimate of drug-likeness (QED) is 0.157. The predicted molar refractivity (Wildman–Crippen MR) is 92.0 cm³/mol. The van der Waals surface area contributed by atoms with Crippen molar-refractivity contribution in [2.24, 2.45) is 0 Å². The van der Waals surface area contributed by atoms with Crippen molar-refractivity contribution in [1.29, 1.82) is 0 Å². The molecule has 210 valence electrons. The summed E-state index contributed by atoms with van der Waals surface area (Å²) in [6.07, 6.45) is -6.01. The first-order valence-electron chi connectivity index (χ1n) is 9.16. The van der Waals surface area contributed by atoms with E-state index in [1.54, 1.807) is 0 Å². The summed E-state index contributed by atoms with van der Waals surface area (Å²) in [7, 11) is -3.65. The van der Waals surface area contributed by atoms with Crippen LogP contribution in [0.25, 0.3) is 11.1 Å². The smallest absolute Gasteiger partial charge is 0.496 e. The molecule has 0 unspecified atom stereocenters. The van der Waals surface area contributed by atoms with Gasteiger partial charge in [0.2, 0.25) is 29.1 Å². The van der Waals surface area contributed by atoms with Crippen molar-refractivity contribution >= 4 is 7.32 Å². The van der Waals surface area contributed by atoms with Gasteiger partial charge in [-0.2, -0.15) is 30.7 Å². The molecule has 0 aliphatic heterocycles. The Morgan fingerprint density at radius 1 is 0.410 bits per heavy atom. The fraction of sp³-hybridized carbons (Fsp3) is 0.0526. The second-order valence-corrected chi connectivity index (χ2v) is 6.91. The highest BCUT2D eigenvalue weighted by atomic mass is 19.4. The lowest BCUT2D eigenvalue weighted by Crippen LogP contribution is -2.32. The van der Waals surface area contributed by atoms with Crippen molar-refractivity contribution in [2.45, 2.75) is 6.18 Å². The van der Waals surface area contributed by atoms with E-state index < -0.39 is 117 Å². The molecule has 3 aromatic carbocycles. The van der Waals surface area contributed by atoms with Gasteiger partial charge >= 0.3 is 13.5 Å². The molecular weight excluding hydrogens is 591 g/mol. The number of hydrogen-bond acceptors (Lipinski definition) is 3. The lowest BCUT2D eigenvalue weighted by Gasteiger charge is -2.17. The monoisotopic (exact) mass is 592 g/mol. The molecule has 39 heavy (non-hydrogen) atoms. The third-order valence-electron chi connectivity index (χ3n) is 4.63. The van der Waals surface area contributed by atoms with E-state index in [1.165, 1.54) is 0 Å². The SMILES string of the molecule is OB(Oc1c(F)c(F)c(-c2c(F)c(F)c(F)c(F)c2F)c(F)c1F)Oc1c(F)c(F)c(C(F)(F)F)c(F)c1F. The number of alkyl halides is 3. The van der Waals surface area contributed by atoms with Gasteiger partial charge in [-0.15, -0.1) is 0 Å². The lowest BCUT2D eigenvalue weighted by molar-refractivity contribution is -0.143. The molecule has 3 aromatic rings. The largest absolute Gasteiger partial charge is 0.785 e. The van der Waals surface area contributed by atoms with Crippen LogP contribution < -0.4 is 9.31 Å². The molecule has 0 fully saturated rings. The molecule has 3 rings (SSSR count). The standard InChI is InChI=1S/C19HBF16O3/c21-4-1(5(22)11(28)12(29)10(4)27)2-6(23)13(30)17(14(31)7(2)24)38-20(37)39-18-15(32)8(25)3(19(34,35)36)9(26)16(18)33/h37H. The van der Waals surface area contributed by atoms with E-state index in [0.717, 1.165) is 0 Å². The van der Waals surface area contributed by atoms with Crippen molar-refractivity contribution in [3.05, 3.63) is 81.2 Å². The summed E-state index contributed by atoms with van der Waals surface area (Å²) in [5.41, 5.74) is -8.16. The molecular formula is C19HBF16O3. The van der Waals surface area contributed by atoms with E-state index in [2.05, 4.69) is 9.31 Å². The summed E-state index contributed by atoms with van der Waals surface area (Å²) in [5, 5.41) is 9.44. The third-order valence-corrected chi connectivity index (χ3v) is 4.63. The van der Waals surface area contributed by atoms with E-state index in [0.29, 0.717) is 0 Å². The van der Waals surface area contributed by atoms with E-state index in [-0.39, 0.29) is 0 Å². The van der Waals surface area contributed by atoms with Crippen LogP contribution in [0.15, 0.2) is 0 Å². The fourth-order valence-corrected chi connectivity index (χ4v) is 2.95.